The Balaban J connectivity index is 2.81. The van der Waals surface area contributed by atoms with Crippen LogP contribution in [-0.4, -0.2) is 38.5 Å². The predicted octanol–water partition coefficient (Wildman–Crippen LogP) is 3.35. The first-order valence-electron chi connectivity index (χ1n) is 7.73. The topological polar surface area (TPSA) is 45.7 Å². The van der Waals surface area contributed by atoms with Gasteiger partial charge in [0.15, 0.2) is 12.6 Å². The zero-order valence-corrected chi connectivity index (χ0v) is 13.8. The van der Waals surface area contributed by atoms with Crippen molar-refractivity contribution < 1.29 is 22.3 Å². The molecule has 1 aromatic rings. The number of ether oxygens (including phenoxy) is 1. The Morgan fingerprint density at radius 3 is 2.62 bits per heavy atom. The summed E-state index contributed by atoms with van der Waals surface area (Å²) in [4.78, 5) is 4.30. The molecule has 0 saturated carbocycles. The molecular formula is C16H23F4N3O. The maximum atomic E-state index is 12.4. The van der Waals surface area contributed by atoms with E-state index in [0.717, 1.165) is 5.56 Å². The number of nitrogens with one attached hydrogen (secondary N) is 2. The van der Waals surface area contributed by atoms with E-state index in [1.165, 1.54) is 0 Å². The monoisotopic (exact) mass is 349 g/mol. The number of hydrogen-bond acceptors (Lipinski definition) is 2. The number of alkyl halides is 4. The Labute approximate surface area is 139 Å². The van der Waals surface area contributed by atoms with Crippen LogP contribution in [-0.2, 0) is 6.54 Å². The Bertz CT molecular complexity index is 533. The molecular weight excluding hydrogens is 326 g/mol. The smallest absolute Gasteiger partial charge is 0.422 e. The highest BCUT2D eigenvalue weighted by atomic mass is 19.4. The Morgan fingerprint density at radius 1 is 1.25 bits per heavy atom. The van der Waals surface area contributed by atoms with Gasteiger partial charge in [0.2, 0.25) is 0 Å². The minimum Gasteiger partial charge on any atom is -0.484 e. The van der Waals surface area contributed by atoms with E-state index in [0.29, 0.717) is 31.0 Å². The number of aryl methyl sites for hydroxylation is 1. The number of guanidine groups is 1. The molecule has 2 N–H and O–H groups in total. The Hall–Kier alpha value is -1.99. The highest BCUT2D eigenvalue weighted by molar-refractivity contribution is 5.79. The summed E-state index contributed by atoms with van der Waals surface area (Å²) in [7, 11) is 0. The van der Waals surface area contributed by atoms with Gasteiger partial charge in [0, 0.05) is 18.7 Å². The van der Waals surface area contributed by atoms with Gasteiger partial charge in [0.1, 0.15) is 5.75 Å². The van der Waals surface area contributed by atoms with Gasteiger partial charge < -0.3 is 15.4 Å². The maximum Gasteiger partial charge on any atom is 0.422 e. The molecule has 0 aromatic heterocycles. The zero-order chi connectivity index (χ0) is 18.0. The van der Waals surface area contributed by atoms with Crippen LogP contribution in [0.4, 0.5) is 17.6 Å². The third-order valence-corrected chi connectivity index (χ3v) is 2.97. The van der Waals surface area contributed by atoms with Gasteiger partial charge >= 0.3 is 6.18 Å². The molecule has 0 aliphatic rings. The van der Waals surface area contributed by atoms with Crippen LogP contribution in [0.1, 0.15) is 24.5 Å². The van der Waals surface area contributed by atoms with Gasteiger partial charge in [-0.2, -0.15) is 13.2 Å². The fraction of sp³-hybridized carbons (Fsp3) is 0.562. The Morgan fingerprint density at radius 2 is 2.00 bits per heavy atom. The van der Waals surface area contributed by atoms with Crippen LogP contribution in [0.5, 0.6) is 5.75 Å². The van der Waals surface area contributed by atoms with Crippen molar-refractivity contribution in [2.24, 2.45) is 4.99 Å². The lowest BCUT2D eigenvalue weighted by Crippen LogP contribution is -2.37. The van der Waals surface area contributed by atoms with E-state index < -0.39 is 19.5 Å². The number of hydrogen-bond donors (Lipinski definition) is 2. The van der Waals surface area contributed by atoms with Crippen LogP contribution >= 0.6 is 0 Å². The fourth-order valence-corrected chi connectivity index (χ4v) is 1.87. The van der Waals surface area contributed by atoms with Crippen LogP contribution in [0, 0.1) is 6.92 Å². The average Bonchev–Trinajstić information content (AvgIpc) is 2.51. The molecule has 1 rings (SSSR count). The molecule has 0 aliphatic carbocycles. The van der Waals surface area contributed by atoms with Gasteiger partial charge in [-0.25, -0.2) is 4.99 Å². The summed E-state index contributed by atoms with van der Waals surface area (Å²) >= 11 is 0. The minimum absolute atomic E-state index is 0.151. The van der Waals surface area contributed by atoms with Crippen molar-refractivity contribution in [2.45, 2.75) is 33.0 Å². The number of halogens is 4. The van der Waals surface area contributed by atoms with Crippen LogP contribution < -0.4 is 15.4 Å². The molecule has 0 bridgehead atoms. The molecule has 0 radical (unpaired) electrons. The molecule has 0 fully saturated rings. The summed E-state index contributed by atoms with van der Waals surface area (Å²) in [6, 6.07) is 5.03. The summed E-state index contributed by atoms with van der Waals surface area (Å²) in [5, 5.41) is 5.95. The SMILES string of the molecule is CCNC(=NCc1ccc(C)cc1OCC(F)(F)F)NCCCF. The molecule has 0 unspecified atom stereocenters. The number of nitrogens with zero attached hydrogens (tertiary/aromatic N) is 1. The third kappa shape index (κ3) is 8.03. The van der Waals surface area contributed by atoms with Gasteiger partial charge in [0.05, 0.1) is 13.2 Å². The first-order chi connectivity index (χ1) is 11.4. The summed E-state index contributed by atoms with van der Waals surface area (Å²) in [6.07, 6.45) is -4.04. The highest BCUT2D eigenvalue weighted by Gasteiger charge is 2.28. The summed E-state index contributed by atoms with van der Waals surface area (Å²) in [6.45, 7) is 3.08. The van der Waals surface area contributed by atoms with Crippen molar-refractivity contribution >= 4 is 5.96 Å². The predicted molar refractivity (Wildman–Crippen MR) is 86.1 cm³/mol. The average molecular weight is 349 g/mol. The van der Waals surface area contributed by atoms with Crippen LogP contribution in [0.3, 0.4) is 0 Å². The number of aliphatic imine (C=N–C) groups is 1. The Kier molecular flexibility index (Phi) is 8.35. The minimum atomic E-state index is -4.40. The van der Waals surface area contributed by atoms with E-state index in [2.05, 4.69) is 15.6 Å². The van der Waals surface area contributed by atoms with E-state index in [1.807, 2.05) is 6.92 Å². The molecule has 0 atom stereocenters. The zero-order valence-electron chi connectivity index (χ0n) is 13.8. The summed E-state index contributed by atoms with van der Waals surface area (Å²) < 4.78 is 54.1. The van der Waals surface area contributed by atoms with Gasteiger partial charge in [-0.1, -0.05) is 12.1 Å². The van der Waals surface area contributed by atoms with Crippen LogP contribution in [0.15, 0.2) is 23.2 Å². The molecule has 8 heteroatoms. The van der Waals surface area contributed by atoms with E-state index in [9.17, 15) is 17.6 Å². The number of rotatable bonds is 8. The molecule has 1 aromatic carbocycles. The standard InChI is InChI=1S/C16H23F4N3O/c1-3-21-15(22-8-4-7-17)23-10-13-6-5-12(2)9-14(13)24-11-16(18,19)20/h5-6,9H,3-4,7-8,10-11H2,1-2H3,(H2,21,22,23). The molecule has 0 spiro atoms. The highest BCUT2D eigenvalue weighted by Crippen LogP contribution is 2.24. The largest absolute Gasteiger partial charge is 0.484 e. The second-order valence-electron chi connectivity index (χ2n) is 5.18. The van der Waals surface area contributed by atoms with E-state index >= 15 is 0 Å². The van der Waals surface area contributed by atoms with E-state index in [-0.39, 0.29) is 12.3 Å². The van der Waals surface area contributed by atoms with Gasteiger partial charge in [-0.05, 0) is 31.9 Å². The lowest BCUT2D eigenvalue weighted by molar-refractivity contribution is -0.153. The van der Waals surface area contributed by atoms with Crippen LogP contribution in [0.25, 0.3) is 0 Å². The first-order valence-corrected chi connectivity index (χ1v) is 7.73. The van der Waals surface area contributed by atoms with Gasteiger partial charge in [-0.3, -0.25) is 4.39 Å². The van der Waals surface area contributed by atoms with Crippen molar-refractivity contribution in [3.05, 3.63) is 29.3 Å². The van der Waals surface area contributed by atoms with Crippen molar-refractivity contribution in [1.82, 2.24) is 10.6 Å². The lowest BCUT2D eigenvalue weighted by atomic mass is 10.1. The van der Waals surface area contributed by atoms with Crippen molar-refractivity contribution in [3.63, 3.8) is 0 Å². The molecule has 4 nitrogen and oxygen atoms in total. The normalized spacial score (nSPS) is 12.2. The van der Waals surface area contributed by atoms with Crippen molar-refractivity contribution in [2.75, 3.05) is 26.4 Å². The van der Waals surface area contributed by atoms with Crippen LogP contribution in [0.2, 0.25) is 0 Å². The second-order valence-corrected chi connectivity index (χ2v) is 5.18. The third-order valence-electron chi connectivity index (χ3n) is 2.97. The second kappa shape index (κ2) is 10.00. The molecule has 24 heavy (non-hydrogen) atoms. The lowest BCUT2D eigenvalue weighted by Gasteiger charge is -2.14. The maximum absolute atomic E-state index is 12.4. The molecule has 0 amide bonds. The first kappa shape index (κ1) is 20.1. The van der Waals surface area contributed by atoms with Gasteiger partial charge in [-0.15, -0.1) is 0 Å². The van der Waals surface area contributed by atoms with Crippen molar-refractivity contribution in [3.8, 4) is 5.75 Å². The molecule has 0 aliphatic heterocycles. The van der Waals surface area contributed by atoms with E-state index in [1.54, 1.807) is 25.1 Å². The molecule has 136 valence electrons. The quantitative estimate of drug-likeness (QED) is 0.327. The van der Waals surface area contributed by atoms with Crippen molar-refractivity contribution in [1.29, 1.82) is 0 Å². The number of benzene rings is 1. The summed E-state index contributed by atoms with van der Waals surface area (Å²) in [5.41, 5.74) is 1.35. The summed E-state index contributed by atoms with van der Waals surface area (Å²) in [5.74, 6) is 0.643. The molecule has 0 heterocycles. The molecule has 0 saturated heterocycles. The van der Waals surface area contributed by atoms with Gasteiger partial charge in [0.25, 0.3) is 0 Å². The fourth-order valence-electron chi connectivity index (χ4n) is 1.87. The van der Waals surface area contributed by atoms with E-state index in [4.69, 9.17) is 4.74 Å².